The third kappa shape index (κ3) is 5.97. The molecule has 2 rings (SSSR count). The Morgan fingerprint density at radius 1 is 0.966 bits per heavy atom. The standard InChI is InChI=1S/C22H27N3O4/c1-3-15-4-6-16(7-5-15)17-8-10-18(11-9-17)22(29)24-14(2)21(28)25-19(12-23)20(27)13-26/h4-11,14,19,26H,3,12-13,23H2,1-2H3,(H,24,29)(H,25,28)/t14-,19-/m0/s1. The van der Waals surface area contributed by atoms with E-state index in [1.165, 1.54) is 12.5 Å². The minimum absolute atomic E-state index is 0.132. The van der Waals surface area contributed by atoms with E-state index in [0.717, 1.165) is 17.5 Å². The van der Waals surface area contributed by atoms with Crippen molar-refractivity contribution in [2.24, 2.45) is 5.73 Å². The molecule has 2 atom stereocenters. The molecule has 2 aromatic carbocycles. The first-order valence-electron chi connectivity index (χ1n) is 9.53. The molecule has 0 aliphatic rings. The predicted molar refractivity (Wildman–Crippen MR) is 111 cm³/mol. The van der Waals surface area contributed by atoms with Crippen LogP contribution >= 0.6 is 0 Å². The number of hydrogen-bond acceptors (Lipinski definition) is 5. The summed E-state index contributed by atoms with van der Waals surface area (Å²) in [7, 11) is 0. The number of hydrogen-bond donors (Lipinski definition) is 4. The monoisotopic (exact) mass is 397 g/mol. The van der Waals surface area contributed by atoms with E-state index in [-0.39, 0.29) is 6.54 Å². The second-order valence-corrected chi connectivity index (χ2v) is 6.74. The van der Waals surface area contributed by atoms with Crippen LogP contribution in [0.25, 0.3) is 11.1 Å². The zero-order valence-electron chi connectivity index (χ0n) is 16.6. The van der Waals surface area contributed by atoms with Crippen molar-refractivity contribution >= 4 is 17.6 Å². The molecule has 29 heavy (non-hydrogen) atoms. The lowest BCUT2D eigenvalue weighted by Gasteiger charge is -2.19. The van der Waals surface area contributed by atoms with Crippen molar-refractivity contribution in [1.82, 2.24) is 10.6 Å². The SMILES string of the molecule is CCc1ccc(-c2ccc(C(=O)N[C@@H](C)C(=O)N[C@@H](CN)C(=O)CO)cc2)cc1. The largest absolute Gasteiger partial charge is 0.388 e. The molecule has 0 radical (unpaired) electrons. The summed E-state index contributed by atoms with van der Waals surface area (Å²) in [6, 6.07) is 13.5. The number of Topliss-reactive ketones (excluding diaryl/α,β-unsaturated/α-hetero) is 1. The van der Waals surface area contributed by atoms with E-state index in [1.54, 1.807) is 12.1 Å². The molecule has 154 valence electrons. The van der Waals surface area contributed by atoms with Crippen LogP contribution in [0.5, 0.6) is 0 Å². The maximum absolute atomic E-state index is 12.4. The van der Waals surface area contributed by atoms with E-state index in [9.17, 15) is 14.4 Å². The second kappa shape index (κ2) is 10.5. The molecular weight excluding hydrogens is 370 g/mol. The summed E-state index contributed by atoms with van der Waals surface area (Å²) in [5, 5.41) is 13.9. The zero-order valence-corrected chi connectivity index (χ0v) is 16.6. The summed E-state index contributed by atoms with van der Waals surface area (Å²) in [6.45, 7) is 2.77. The van der Waals surface area contributed by atoms with Crippen molar-refractivity contribution in [3.8, 4) is 11.1 Å². The number of ketones is 1. The van der Waals surface area contributed by atoms with Crippen molar-refractivity contribution in [2.45, 2.75) is 32.4 Å². The van der Waals surface area contributed by atoms with Crippen LogP contribution in [0, 0.1) is 0 Å². The lowest BCUT2D eigenvalue weighted by Crippen LogP contribution is -2.53. The highest BCUT2D eigenvalue weighted by Gasteiger charge is 2.23. The fraction of sp³-hybridized carbons (Fsp3) is 0.318. The summed E-state index contributed by atoms with van der Waals surface area (Å²) in [5.74, 6) is -1.54. The van der Waals surface area contributed by atoms with Gasteiger partial charge in [-0.2, -0.15) is 0 Å². The summed E-state index contributed by atoms with van der Waals surface area (Å²) >= 11 is 0. The Morgan fingerprint density at radius 2 is 1.52 bits per heavy atom. The number of amides is 2. The van der Waals surface area contributed by atoms with Crippen molar-refractivity contribution in [2.75, 3.05) is 13.2 Å². The molecule has 0 aliphatic heterocycles. The topological polar surface area (TPSA) is 122 Å². The Kier molecular flexibility index (Phi) is 8.06. The van der Waals surface area contributed by atoms with E-state index >= 15 is 0 Å². The maximum Gasteiger partial charge on any atom is 0.251 e. The van der Waals surface area contributed by atoms with Crippen molar-refractivity contribution in [3.05, 3.63) is 59.7 Å². The molecule has 0 fully saturated rings. The van der Waals surface area contributed by atoms with Crippen LogP contribution in [-0.2, 0) is 16.0 Å². The predicted octanol–water partition coefficient (Wildman–Crippen LogP) is 1.04. The lowest BCUT2D eigenvalue weighted by atomic mass is 10.0. The smallest absolute Gasteiger partial charge is 0.251 e. The van der Waals surface area contributed by atoms with E-state index in [0.29, 0.717) is 5.56 Å². The molecule has 0 saturated heterocycles. The molecule has 2 aromatic rings. The third-order valence-electron chi connectivity index (χ3n) is 4.68. The quantitative estimate of drug-likeness (QED) is 0.504. The van der Waals surface area contributed by atoms with E-state index in [4.69, 9.17) is 10.8 Å². The van der Waals surface area contributed by atoms with Crippen LogP contribution < -0.4 is 16.4 Å². The van der Waals surface area contributed by atoms with Gasteiger partial charge in [-0.15, -0.1) is 0 Å². The number of aryl methyl sites for hydroxylation is 1. The first-order chi connectivity index (χ1) is 13.9. The first-order valence-corrected chi connectivity index (χ1v) is 9.53. The lowest BCUT2D eigenvalue weighted by molar-refractivity contribution is -0.129. The first kappa shape index (κ1) is 22.3. The van der Waals surface area contributed by atoms with Gasteiger partial charge in [0.1, 0.15) is 18.7 Å². The van der Waals surface area contributed by atoms with Gasteiger partial charge in [-0.25, -0.2) is 0 Å². The fourth-order valence-corrected chi connectivity index (χ4v) is 2.77. The highest BCUT2D eigenvalue weighted by molar-refractivity contribution is 5.98. The van der Waals surface area contributed by atoms with Gasteiger partial charge in [0, 0.05) is 12.1 Å². The van der Waals surface area contributed by atoms with Gasteiger partial charge in [-0.3, -0.25) is 14.4 Å². The number of carbonyl (C=O) groups is 3. The molecule has 0 aliphatic carbocycles. The highest BCUT2D eigenvalue weighted by Crippen LogP contribution is 2.20. The summed E-state index contributed by atoms with van der Waals surface area (Å²) < 4.78 is 0. The van der Waals surface area contributed by atoms with Gasteiger partial charge in [0.15, 0.2) is 5.78 Å². The summed E-state index contributed by atoms with van der Waals surface area (Å²) in [5.41, 5.74) is 9.16. The molecule has 5 N–H and O–H groups in total. The Morgan fingerprint density at radius 3 is 2.00 bits per heavy atom. The number of nitrogens with two attached hydrogens (primary N) is 1. The van der Waals surface area contributed by atoms with Gasteiger partial charge in [-0.05, 0) is 42.2 Å². The van der Waals surface area contributed by atoms with E-state index < -0.39 is 36.3 Å². The number of aliphatic hydroxyl groups excluding tert-OH is 1. The molecule has 0 aromatic heterocycles. The van der Waals surface area contributed by atoms with Crippen molar-refractivity contribution < 1.29 is 19.5 Å². The van der Waals surface area contributed by atoms with Gasteiger partial charge in [-0.1, -0.05) is 43.3 Å². The number of benzene rings is 2. The number of carbonyl (C=O) groups excluding carboxylic acids is 3. The second-order valence-electron chi connectivity index (χ2n) is 6.74. The van der Waals surface area contributed by atoms with Gasteiger partial charge in [0.25, 0.3) is 5.91 Å². The maximum atomic E-state index is 12.4. The zero-order chi connectivity index (χ0) is 21.4. The Balaban J connectivity index is 1.99. The van der Waals surface area contributed by atoms with Crippen LogP contribution in [0.3, 0.4) is 0 Å². The Hall–Kier alpha value is -3.03. The molecule has 0 bridgehead atoms. The van der Waals surface area contributed by atoms with E-state index in [1.807, 2.05) is 24.3 Å². The van der Waals surface area contributed by atoms with Gasteiger partial charge < -0.3 is 21.5 Å². The highest BCUT2D eigenvalue weighted by atomic mass is 16.3. The van der Waals surface area contributed by atoms with Gasteiger partial charge in [0.2, 0.25) is 5.91 Å². The molecule has 7 heteroatoms. The van der Waals surface area contributed by atoms with Crippen LogP contribution in [0.1, 0.15) is 29.8 Å². The van der Waals surface area contributed by atoms with Gasteiger partial charge >= 0.3 is 0 Å². The molecule has 7 nitrogen and oxygen atoms in total. The van der Waals surface area contributed by atoms with Crippen molar-refractivity contribution in [1.29, 1.82) is 0 Å². The molecule has 0 spiro atoms. The van der Waals surface area contributed by atoms with Crippen LogP contribution in [-0.4, -0.2) is 47.9 Å². The average molecular weight is 397 g/mol. The fourth-order valence-electron chi connectivity index (χ4n) is 2.77. The number of aliphatic hydroxyl groups is 1. The summed E-state index contributed by atoms with van der Waals surface area (Å²) in [4.78, 5) is 36.1. The summed E-state index contributed by atoms with van der Waals surface area (Å²) in [6.07, 6.45) is 0.978. The minimum atomic E-state index is -0.981. The average Bonchev–Trinajstić information content (AvgIpc) is 2.76. The molecular formula is C22H27N3O4. The number of nitrogens with one attached hydrogen (secondary N) is 2. The Labute approximate surface area is 170 Å². The molecule has 0 heterocycles. The molecule has 0 saturated carbocycles. The van der Waals surface area contributed by atoms with Crippen molar-refractivity contribution in [3.63, 3.8) is 0 Å². The minimum Gasteiger partial charge on any atom is -0.388 e. The normalized spacial score (nSPS) is 12.7. The van der Waals surface area contributed by atoms with Crippen LogP contribution in [0.2, 0.25) is 0 Å². The Bertz CT molecular complexity index is 847. The van der Waals surface area contributed by atoms with Crippen LogP contribution in [0.4, 0.5) is 0 Å². The molecule has 2 amide bonds. The van der Waals surface area contributed by atoms with Gasteiger partial charge in [0.05, 0.1) is 0 Å². The third-order valence-corrected chi connectivity index (χ3v) is 4.68. The molecule has 0 unspecified atom stereocenters. The van der Waals surface area contributed by atoms with Crippen LogP contribution in [0.15, 0.2) is 48.5 Å². The van der Waals surface area contributed by atoms with E-state index in [2.05, 4.69) is 29.7 Å². The number of rotatable bonds is 9.